The van der Waals surface area contributed by atoms with E-state index in [1.807, 2.05) is 12.1 Å². The topological polar surface area (TPSA) is 29.5 Å². The zero-order valence-electron chi connectivity index (χ0n) is 11.6. The number of benzene rings is 1. The van der Waals surface area contributed by atoms with Gasteiger partial charge < -0.3 is 9.84 Å². The van der Waals surface area contributed by atoms with Gasteiger partial charge in [0, 0.05) is 7.11 Å². The molecule has 0 bridgehead atoms. The maximum Gasteiger partial charge on any atom is 0.108 e. The minimum atomic E-state index is -0.508. The molecule has 1 unspecified atom stereocenters. The molecule has 18 heavy (non-hydrogen) atoms. The van der Waals surface area contributed by atoms with Crippen LogP contribution in [0.25, 0.3) is 0 Å². The number of aliphatic hydroxyl groups excluding tert-OH is 1. The molecule has 0 saturated heterocycles. The molecule has 1 N–H and O–H groups in total. The van der Waals surface area contributed by atoms with Gasteiger partial charge in [-0.15, -0.1) is 0 Å². The third kappa shape index (κ3) is 2.45. The van der Waals surface area contributed by atoms with Crippen molar-refractivity contribution in [3.8, 4) is 0 Å². The highest BCUT2D eigenvalue weighted by molar-refractivity contribution is 5.28. The Balaban J connectivity index is 2.20. The maximum absolute atomic E-state index is 10.6. The summed E-state index contributed by atoms with van der Waals surface area (Å²) in [4.78, 5) is 0. The molecule has 2 heteroatoms. The van der Waals surface area contributed by atoms with Crippen molar-refractivity contribution in [1.29, 1.82) is 0 Å². The van der Waals surface area contributed by atoms with Crippen LogP contribution in [0, 0.1) is 0 Å². The van der Waals surface area contributed by atoms with Crippen molar-refractivity contribution in [2.24, 2.45) is 0 Å². The van der Waals surface area contributed by atoms with Crippen LogP contribution in [0.3, 0.4) is 0 Å². The van der Waals surface area contributed by atoms with Gasteiger partial charge in [0.05, 0.1) is 5.60 Å². The Morgan fingerprint density at radius 3 is 2.00 bits per heavy atom. The minimum absolute atomic E-state index is 0.362. The molecule has 0 radical (unpaired) electrons. The minimum Gasteiger partial charge on any atom is -0.385 e. The summed E-state index contributed by atoms with van der Waals surface area (Å²) in [5.41, 5.74) is 1.92. The fourth-order valence-electron chi connectivity index (χ4n) is 2.93. The predicted molar refractivity (Wildman–Crippen MR) is 73.7 cm³/mol. The van der Waals surface area contributed by atoms with Crippen LogP contribution in [-0.4, -0.2) is 17.8 Å². The molecule has 1 fully saturated rings. The molecular formula is C16H24O2. The van der Waals surface area contributed by atoms with Crippen LogP contribution in [0.2, 0.25) is 0 Å². The van der Waals surface area contributed by atoms with E-state index in [4.69, 9.17) is 4.74 Å². The highest BCUT2D eigenvalue weighted by Gasteiger charge is 2.41. The van der Waals surface area contributed by atoms with E-state index in [0.29, 0.717) is 5.92 Å². The van der Waals surface area contributed by atoms with Gasteiger partial charge in [-0.05, 0) is 29.9 Å². The number of ether oxygens (including phenoxy) is 1. The first-order valence-corrected chi connectivity index (χ1v) is 6.92. The molecule has 0 aliphatic heterocycles. The van der Waals surface area contributed by atoms with E-state index in [-0.39, 0.29) is 5.60 Å². The normalized spacial score (nSPS) is 20.3. The van der Waals surface area contributed by atoms with E-state index in [0.717, 1.165) is 31.2 Å². The van der Waals surface area contributed by atoms with Gasteiger partial charge in [0.2, 0.25) is 0 Å². The quantitative estimate of drug-likeness (QED) is 0.878. The van der Waals surface area contributed by atoms with E-state index in [2.05, 4.69) is 26.0 Å². The number of aliphatic hydroxyl groups is 1. The fourth-order valence-corrected chi connectivity index (χ4v) is 2.93. The van der Waals surface area contributed by atoms with Gasteiger partial charge in [-0.2, -0.15) is 0 Å². The summed E-state index contributed by atoms with van der Waals surface area (Å²) in [6.07, 6.45) is 3.70. The highest BCUT2D eigenvalue weighted by atomic mass is 16.5. The Kier molecular flexibility index (Phi) is 4.08. The predicted octanol–water partition coefficient (Wildman–Crippen LogP) is 3.80. The van der Waals surface area contributed by atoms with E-state index in [1.54, 1.807) is 7.11 Å². The lowest BCUT2D eigenvalue weighted by Gasteiger charge is -2.33. The van der Waals surface area contributed by atoms with Crippen LogP contribution < -0.4 is 0 Å². The van der Waals surface area contributed by atoms with Gasteiger partial charge in [0.15, 0.2) is 0 Å². The van der Waals surface area contributed by atoms with E-state index >= 15 is 0 Å². The molecule has 2 rings (SSSR count). The summed E-state index contributed by atoms with van der Waals surface area (Å²) in [6.45, 7) is 4.36. The lowest BCUT2D eigenvalue weighted by molar-refractivity contribution is -0.100. The van der Waals surface area contributed by atoms with Crippen LogP contribution in [0.5, 0.6) is 0 Å². The van der Waals surface area contributed by atoms with Crippen LogP contribution in [0.1, 0.15) is 62.7 Å². The van der Waals surface area contributed by atoms with E-state index in [9.17, 15) is 5.11 Å². The van der Waals surface area contributed by atoms with Crippen LogP contribution in [0.4, 0.5) is 0 Å². The Bertz CT molecular complexity index is 375. The van der Waals surface area contributed by atoms with Gasteiger partial charge in [0.1, 0.15) is 6.10 Å². The highest BCUT2D eigenvalue weighted by Crippen LogP contribution is 2.42. The molecule has 0 amide bonds. The number of methoxy groups -OCH3 is 1. The summed E-state index contributed by atoms with van der Waals surface area (Å²) >= 11 is 0. The molecule has 100 valence electrons. The summed E-state index contributed by atoms with van der Waals surface area (Å²) in [5.74, 6) is 0.527. The van der Waals surface area contributed by atoms with Gasteiger partial charge >= 0.3 is 0 Å². The second-order valence-corrected chi connectivity index (χ2v) is 5.70. The lowest BCUT2D eigenvalue weighted by atomic mass is 9.88. The molecule has 1 aliphatic carbocycles. The monoisotopic (exact) mass is 248 g/mol. The number of hydrogen-bond acceptors (Lipinski definition) is 2. The van der Waals surface area contributed by atoms with Gasteiger partial charge in [-0.25, -0.2) is 0 Å². The smallest absolute Gasteiger partial charge is 0.108 e. The standard InChI is InChI=1S/C16H24O2/c1-12(2)13-6-8-14(9-7-13)15(17)16(18-3)10-4-5-11-16/h6-9,12,15,17H,4-5,10-11H2,1-3H3. The van der Waals surface area contributed by atoms with Gasteiger partial charge in [0.25, 0.3) is 0 Å². The van der Waals surface area contributed by atoms with Crippen LogP contribution >= 0.6 is 0 Å². The molecular weight excluding hydrogens is 224 g/mol. The zero-order valence-corrected chi connectivity index (χ0v) is 11.6. The van der Waals surface area contributed by atoms with Crippen molar-refractivity contribution in [1.82, 2.24) is 0 Å². The molecule has 0 spiro atoms. The third-order valence-electron chi connectivity index (χ3n) is 4.27. The Morgan fingerprint density at radius 1 is 1.06 bits per heavy atom. The molecule has 0 aromatic heterocycles. The molecule has 1 saturated carbocycles. The maximum atomic E-state index is 10.6. The Morgan fingerprint density at radius 2 is 1.56 bits per heavy atom. The molecule has 1 aromatic rings. The lowest BCUT2D eigenvalue weighted by Crippen LogP contribution is -2.35. The van der Waals surface area contributed by atoms with Crippen LogP contribution in [-0.2, 0) is 4.74 Å². The largest absolute Gasteiger partial charge is 0.385 e. The van der Waals surface area contributed by atoms with Gasteiger partial charge in [-0.1, -0.05) is 51.0 Å². The first kappa shape index (κ1) is 13.6. The van der Waals surface area contributed by atoms with Crippen LogP contribution in [0.15, 0.2) is 24.3 Å². The fraction of sp³-hybridized carbons (Fsp3) is 0.625. The Hall–Kier alpha value is -0.860. The second-order valence-electron chi connectivity index (χ2n) is 5.70. The van der Waals surface area contributed by atoms with E-state index in [1.165, 1.54) is 5.56 Å². The van der Waals surface area contributed by atoms with Crippen molar-refractivity contribution in [3.63, 3.8) is 0 Å². The number of hydrogen-bond donors (Lipinski definition) is 1. The summed E-state index contributed by atoms with van der Waals surface area (Å²) in [5, 5.41) is 10.6. The van der Waals surface area contributed by atoms with Crippen molar-refractivity contribution in [3.05, 3.63) is 35.4 Å². The summed E-state index contributed by atoms with van der Waals surface area (Å²) < 4.78 is 5.64. The number of rotatable bonds is 4. The molecule has 1 aromatic carbocycles. The summed E-state index contributed by atoms with van der Waals surface area (Å²) in [6, 6.07) is 8.31. The zero-order chi connectivity index (χ0) is 13.2. The van der Waals surface area contributed by atoms with Crippen molar-refractivity contribution < 1.29 is 9.84 Å². The first-order chi connectivity index (χ1) is 8.59. The molecule has 0 heterocycles. The summed E-state index contributed by atoms with van der Waals surface area (Å²) in [7, 11) is 1.72. The average molecular weight is 248 g/mol. The first-order valence-electron chi connectivity index (χ1n) is 6.92. The van der Waals surface area contributed by atoms with Gasteiger partial charge in [-0.3, -0.25) is 0 Å². The Labute approximate surface area is 110 Å². The average Bonchev–Trinajstić information content (AvgIpc) is 2.88. The van der Waals surface area contributed by atoms with Crippen molar-refractivity contribution >= 4 is 0 Å². The van der Waals surface area contributed by atoms with E-state index < -0.39 is 6.10 Å². The molecule has 1 atom stereocenters. The SMILES string of the molecule is COC1(C(O)c2ccc(C(C)C)cc2)CCCC1. The van der Waals surface area contributed by atoms with Crippen molar-refractivity contribution in [2.75, 3.05) is 7.11 Å². The van der Waals surface area contributed by atoms with Crippen molar-refractivity contribution in [2.45, 2.75) is 57.2 Å². The molecule has 1 aliphatic rings. The second kappa shape index (κ2) is 5.41. The third-order valence-corrected chi connectivity index (χ3v) is 4.27. The molecule has 2 nitrogen and oxygen atoms in total.